The average Bonchev–Trinajstić information content (AvgIpc) is 3.16. The van der Waals surface area contributed by atoms with Crippen LogP contribution in [0.3, 0.4) is 0 Å². The summed E-state index contributed by atoms with van der Waals surface area (Å²) in [6.45, 7) is -0.377. The highest BCUT2D eigenvalue weighted by atomic mass is 16.5. The van der Waals surface area contributed by atoms with Crippen molar-refractivity contribution in [3.05, 3.63) is 0 Å². The molecule has 0 saturated heterocycles. The monoisotopic (exact) mass is 336 g/mol. The third kappa shape index (κ3) is 4.71. The Kier molecular flexibility index (Phi) is 5.74. The number of fused-ring (bicyclic) bond motifs is 2. The van der Waals surface area contributed by atoms with Crippen LogP contribution in [-0.4, -0.2) is 30.6 Å². The first kappa shape index (κ1) is 17.2. The number of rotatable bonds is 5. The van der Waals surface area contributed by atoms with Crippen LogP contribution in [0.1, 0.15) is 64.2 Å². The van der Waals surface area contributed by atoms with Crippen molar-refractivity contribution < 1.29 is 19.1 Å². The summed E-state index contributed by atoms with van der Waals surface area (Å²) in [7, 11) is 0. The number of hydrogen-bond donors (Lipinski definition) is 2. The number of esters is 1. The second-order valence-corrected chi connectivity index (χ2v) is 7.66. The molecule has 0 aliphatic heterocycles. The molecule has 3 rings (SSSR count). The van der Waals surface area contributed by atoms with E-state index in [0.717, 1.165) is 38.0 Å². The lowest BCUT2D eigenvalue weighted by molar-refractivity contribution is -0.149. The van der Waals surface area contributed by atoms with Crippen molar-refractivity contribution in [3.8, 4) is 0 Å². The van der Waals surface area contributed by atoms with Crippen molar-refractivity contribution in [2.75, 3.05) is 6.61 Å². The van der Waals surface area contributed by atoms with Gasteiger partial charge in [0.1, 0.15) is 0 Å². The molecular formula is C18H28N2O4. The van der Waals surface area contributed by atoms with Crippen molar-refractivity contribution in [1.82, 2.24) is 10.6 Å². The molecule has 3 aliphatic carbocycles. The van der Waals surface area contributed by atoms with Gasteiger partial charge < -0.3 is 10.1 Å². The molecule has 134 valence electrons. The van der Waals surface area contributed by atoms with E-state index in [1.54, 1.807) is 0 Å². The number of urea groups is 1. The number of hydrogen-bond acceptors (Lipinski definition) is 4. The molecule has 0 aromatic heterocycles. The third-order valence-electron chi connectivity index (χ3n) is 5.87. The topological polar surface area (TPSA) is 84.5 Å². The van der Waals surface area contributed by atoms with Crippen molar-refractivity contribution in [3.63, 3.8) is 0 Å². The first-order valence-corrected chi connectivity index (χ1v) is 9.36. The van der Waals surface area contributed by atoms with E-state index in [9.17, 15) is 14.4 Å². The molecule has 2 N–H and O–H groups in total. The van der Waals surface area contributed by atoms with E-state index in [1.807, 2.05) is 0 Å². The standard InChI is InChI=1S/C18H28N2O4/c21-16(20-18(23)19-15-4-2-1-3-5-15)11-24-17(22)10-14-9-12-6-7-13(14)8-12/h12-15H,1-11H2,(H2,19,20,21,23)/t12-,13+,14-/m0/s1. The van der Waals surface area contributed by atoms with E-state index in [1.165, 1.54) is 25.7 Å². The van der Waals surface area contributed by atoms with Gasteiger partial charge in [0.2, 0.25) is 0 Å². The Bertz CT molecular complexity index is 487. The number of ether oxygens (including phenoxy) is 1. The summed E-state index contributed by atoms with van der Waals surface area (Å²) < 4.78 is 5.03. The van der Waals surface area contributed by atoms with Crippen LogP contribution < -0.4 is 10.6 Å². The van der Waals surface area contributed by atoms with E-state index >= 15 is 0 Å². The van der Waals surface area contributed by atoms with Crippen LogP contribution in [0.15, 0.2) is 0 Å². The number of carbonyl (C=O) groups excluding carboxylic acids is 3. The number of carbonyl (C=O) groups is 3. The Morgan fingerprint density at radius 2 is 1.75 bits per heavy atom. The predicted molar refractivity (Wildman–Crippen MR) is 88.1 cm³/mol. The molecule has 0 spiro atoms. The third-order valence-corrected chi connectivity index (χ3v) is 5.87. The van der Waals surface area contributed by atoms with Crippen LogP contribution >= 0.6 is 0 Å². The van der Waals surface area contributed by atoms with Crippen LogP contribution in [0, 0.1) is 17.8 Å². The highest BCUT2D eigenvalue weighted by Gasteiger charge is 2.40. The molecule has 24 heavy (non-hydrogen) atoms. The lowest BCUT2D eigenvalue weighted by Crippen LogP contribution is -2.46. The Hall–Kier alpha value is -1.59. The Labute approximate surface area is 143 Å². The van der Waals surface area contributed by atoms with Gasteiger partial charge in [-0.1, -0.05) is 25.7 Å². The number of imide groups is 1. The fourth-order valence-corrected chi connectivity index (χ4v) is 4.68. The quantitative estimate of drug-likeness (QED) is 0.756. The number of nitrogens with one attached hydrogen (secondary N) is 2. The maximum absolute atomic E-state index is 11.9. The molecule has 6 nitrogen and oxygen atoms in total. The Morgan fingerprint density at radius 3 is 2.42 bits per heavy atom. The molecule has 3 aliphatic rings. The van der Waals surface area contributed by atoms with Gasteiger partial charge in [-0.25, -0.2) is 4.79 Å². The first-order valence-electron chi connectivity index (χ1n) is 9.36. The highest BCUT2D eigenvalue weighted by molar-refractivity contribution is 5.95. The van der Waals surface area contributed by atoms with E-state index in [-0.39, 0.29) is 18.6 Å². The molecule has 3 atom stereocenters. The zero-order valence-corrected chi connectivity index (χ0v) is 14.2. The van der Waals surface area contributed by atoms with Gasteiger partial charge in [0.05, 0.1) is 0 Å². The normalized spacial score (nSPS) is 29.2. The Morgan fingerprint density at radius 1 is 0.958 bits per heavy atom. The van der Waals surface area contributed by atoms with Gasteiger partial charge in [-0.3, -0.25) is 14.9 Å². The molecule has 0 radical (unpaired) electrons. The van der Waals surface area contributed by atoms with Gasteiger partial charge in [-0.15, -0.1) is 0 Å². The lowest BCUT2D eigenvalue weighted by atomic mass is 9.86. The summed E-state index contributed by atoms with van der Waals surface area (Å²) in [5.41, 5.74) is 0. The molecule has 3 saturated carbocycles. The van der Waals surface area contributed by atoms with Crippen LogP contribution in [0.25, 0.3) is 0 Å². The second kappa shape index (κ2) is 7.99. The second-order valence-electron chi connectivity index (χ2n) is 7.66. The Balaban J connectivity index is 1.30. The summed E-state index contributed by atoms with van der Waals surface area (Å²) in [6.07, 6.45) is 10.6. The fraction of sp³-hybridized carbons (Fsp3) is 0.833. The molecule has 0 heterocycles. The maximum atomic E-state index is 11.9. The average molecular weight is 336 g/mol. The van der Waals surface area contributed by atoms with Crippen molar-refractivity contribution >= 4 is 17.9 Å². The van der Waals surface area contributed by atoms with E-state index in [2.05, 4.69) is 10.6 Å². The summed E-state index contributed by atoms with van der Waals surface area (Å²) in [4.78, 5) is 35.3. The van der Waals surface area contributed by atoms with Gasteiger partial charge >= 0.3 is 12.0 Å². The largest absolute Gasteiger partial charge is 0.456 e. The van der Waals surface area contributed by atoms with Crippen LogP contribution in [0.2, 0.25) is 0 Å². The van der Waals surface area contributed by atoms with Gasteiger partial charge in [0.25, 0.3) is 5.91 Å². The van der Waals surface area contributed by atoms with E-state index < -0.39 is 11.9 Å². The van der Waals surface area contributed by atoms with Gasteiger partial charge in [-0.05, 0) is 49.9 Å². The first-order chi connectivity index (χ1) is 11.6. The van der Waals surface area contributed by atoms with Crippen molar-refractivity contribution in [1.29, 1.82) is 0 Å². The van der Waals surface area contributed by atoms with Crippen LogP contribution in [-0.2, 0) is 14.3 Å². The van der Waals surface area contributed by atoms with Gasteiger partial charge in [0.15, 0.2) is 6.61 Å². The zero-order chi connectivity index (χ0) is 16.9. The summed E-state index contributed by atoms with van der Waals surface area (Å²) >= 11 is 0. The molecule has 0 unspecified atom stereocenters. The molecule has 0 aromatic carbocycles. The summed E-state index contributed by atoms with van der Waals surface area (Å²) in [5.74, 6) is 0.992. The van der Waals surface area contributed by atoms with E-state index in [4.69, 9.17) is 4.74 Å². The maximum Gasteiger partial charge on any atom is 0.321 e. The molecule has 6 heteroatoms. The fourth-order valence-electron chi connectivity index (χ4n) is 4.68. The van der Waals surface area contributed by atoms with E-state index in [0.29, 0.717) is 18.3 Å². The predicted octanol–water partition coefficient (Wildman–Crippen LogP) is 2.51. The van der Waals surface area contributed by atoms with Gasteiger partial charge in [0, 0.05) is 12.5 Å². The molecule has 3 fully saturated rings. The zero-order valence-electron chi connectivity index (χ0n) is 14.2. The van der Waals surface area contributed by atoms with Crippen LogP contribution in [0.4, 0.5) is 4.79 Å². The number of amides is 3. The summed E-state index contributed by atoms with van der Waals surface area (Å²) in [5, 5.41) is 5.04. The highest BCUT2D eigenvalue weighted by Crippen LogP contribution is 2.49. The molecule has 3 amide bonds. The summed E-state index contributed by atoms with van der Waals surface area (Å²) in [6, 6.07) is -0.344. The smallest absolute Gasteiger partial charge is 0.321 e. The minimum atomic E-state index is -0.565. The minimum Gasteiger partial charge on any atom is -0.456 e. The molecular weight excluding hydrogens is 308 g/mol. The minimum absolute atomic E-state index is 0.145. The van der Waals surface area contributed by atoms with Gasteiger partial charge in [-0.2, -0.15) is 0 Å². The molecule has 0 aromatic rings. The van der Waals surface area contributed by atoms with Crippen LogP contribution in [0.5, 0.6) is 0 Å². The lowest BCUT2D eigenvalue weighted by Gasteiger charge is -2.22. The van der Waals surface area contributed by atoms with Crippen molar-refractivity contribution in [2.45, 2.75) is 70.3 Å². The van der Waals surface area contributed by atoms with Crippen molar-refractivity contribution in [2.24, 2.45) is 17.8 Å². The SMILES string of the molecule is O=C(COC(=O)C[C@@H]1C[C@H]2CC[C@@H]1C2)NC(=O)NC1CCCCC1. The molecule has 2 bridgehead atoms.